The van der Waals surface area contributed by atoms with Crippen LogP contribution >= 0.6 is 0 Å². The Bertz CT molecular complexity index is 603. The fourth-order valence-corrected chi connectivity index (χ4v) is 1.96. The van der Waals surface area contributed by atoms with E-state index in [1.807, 2.05) is 49.4 Å². The van der Waals surface area contributed by atoms with Gasteiger partial charge in [0.15, 0.2) is 6.61 Å². The highest BCUT2D eigenvalue weighted by Gasteiger charge is 2.05. The van der Waals surface area contributed by atoms with Crippen LogP contribution in [0, 0.1) is 6.92 Å². The van der Waals surface area contributed by atoms with E-state index >= 15 is 0 Å². The van der Waals surface area contributed by atoms with Gasteiger partial charge in [0.2, 0.25) is 0 Å². The molecule has 110 valence electrons. The zero-order valence-corrected chi connectivity index (χ0v) is 12.7. The Kier molecular flexibility index (Phi) is 4.99. The van der Waals surface area contributed by atoms with E-state index in [2.05, 4.69) is 25.2 Å². The van der Waals surface area contributed by atoms with Crippen molar-refractivity contribution in [1.82, 2.24) is 0 Å². The van der Waals surface area contributed by atoms with Crippen LogP contribution in [0.5, 0.6) is 5.75 Å². The molecule has 2 aromatic carbocycles. The molecule has 0 aliphatic rings. The summed E-state index contributed by atoms with van der Waals surface area (Å²) in [4.78, 5) is 11.9. The smallest absolute Gasteiger partial charge is 0.262 e. The standard InChI is InChI=1S/C18H21NO2/c1-13(2)15-5-4-6-16(11-15)19-18(20)12-21-17-9-7-14(3)8-10-17/h4-11,13H,12H2,1-3H3,(H,19,20). The summed E-state index contributed by atoms with van der Waals surface area (Å²) in [6, 6.07) is 15.5. The molecule has 0 aromatic heterocycles. The maximum Gasteiger partial charge on any atom is 0.262 e. The molecule has 2 rings (SSSR count). The van der Waals surface area contributed by atoms with Gasteiger partial charge in [-0.1, -0.05) is 43.7 Å². The average Bonchev–Trinajstić information content (AvgIpc) is 2.47. The van der Waals surface area contributed by atoms with Crippen molar-refractivity contribution in [3.63, 3.8) is 0 Å². The first-order valence-corrected chi connectivity index (χ1v) is 7.14. The van der Waals surface area contributed by atoms with Gasteiger partial charge in [-0.15, -0.1) is 0 Å². The van der Waals surface area contributed by atoms with Crippen LogP contribution in [0.1, 0.15) is 30.9 Å². The lowest BCUT2D eigenvalue weighted by Crippen LogP contribution is -2.20. The Morgan fingerprint density at radius 2 is 1.86 bits per heavy atom. The minimum Gasteiger partial charge on any atom is -0.484 e. The van der Waals surface area contributed by atoms with Gasteiger partial charge in [0.1, 0.15) is 5.75 Å². The van der Waals surface area contributed by atoms with Gasteiger partial charge in [-0.2, -0.15) is 0 Å². The quantitative estimate of drug-likeness (QED) is 0.895. The van der Waals surface area contributed by atoms with E-state index in [0.29, 0.717) is 11.7 Å². The lowest BCUT2D eigenvalue weighted by atomic mass is 10.0. The average molecular weight is 283 g/mol. The number of aryl methyl sites for hydroxylation is 1. The lowest BCUT2D eigenvalue weighted by molar-refractivity contribution is -0.118. The molecule has 0 saturated heterocycles. The van der Waals surface area contributed by atoms with E-state index in [9.17, 15) is 4.79 Å². The molecular weight excluding hydrogens is 262 g/mol. The van der Waals surface area contributed by atoms with E-state index in [4.69, 9.17) is 4.74 Å². The molecule has 21 heavy (non-hydrogen) atoms. The third-order valence-electron chi connectivity index (χ3n) is 3.23. The minimum absolute atomic E-state index is 0.00890. The molecule has 0 atom stereocenters. The second kappa shape index (κ2) is 6.93. The summed E-state index contributed by atoms with van der Waals surface area (Å²) in [7, 11) is 0. The Balaban J connectivity index is 1.89. The first-order chi connectivity index (χ1) is 10.0. The van der Waals surface area contributed by atoms with Crippen LogP contribution < -0.4 is 10.1 Å². The maximum atomic E-state index is 11.9. The monoisotopic (exact) mass is 283 g/mol. The summed E-state index contributed by atoms with van der Waals surface area (Å²) < 4.78 is 5.46. The Morgan fingerprint density at radius 1 is 1.14 bits per heavy atom. The molecule has 0 radical (unpaired) electrons. The summed E-state index contributed by atoms with van der Waals surface area (Å²) in [5.41, 5.74) is 3.17. The molecule has 3 heteroatoms. The summed E-state index contributed by atoms with van der Waals surface area (Å²) in [6.07, 6.45) is 0. The van der Waals surface area contributed by atoms with Crippen LogP contribution in [0.15, 0.2) is 48.5 Å². The van der Waals surface area contributed by atoms with E-state index in [0.717, 1.165) is 11.3 Å². The number of carbonyl (C=O) groups excluding carboxylic acids is 1. The highest BCUT2D eigenvalue weighted by molar-refractivity contribution is 5.91. The fourth-order valence-electron chi connectivity index (χ4n) is 1.96. The largest absolute Gasteiger partial charge is 0.484 e. The van der Waals surface area contributed by atoms with Crippen LogP contribution in [-0.2, 0) is 4.79 Å². The topological polar surface area (TPSA) is 38.3 Å². The van der Waals surface area contributed by atoms with E-state index in [-0.39, 0.29) is 12.5 Å². The summed E-state index contributed by atoms with van der Waals surface area (Å²) in [6.45, 7) is 6.27. The number of anilines is 1. The molecule has 0 aliphatic carbocycles. The van der Waals surface area contributed by atoms with Gasteiger partial charge in [0.05, 0.1) is 0 Å². The van der Waals surface area contributed by atoms with Crippen molar-refractivity contribution in [3.8, 4) is 5.75 Å². The van der Waals surface area contributed by atoms with E-state index < -0.39 is 0 Å². The third kappa shape index (κ3) is 4.63. The van der Waals surface area contributed by atoms with Crippen molar-refractivity contribution in [2.75, 3.05) is 11.9 Å². The second-order valence-corrected chi connectivity index (χ2v) is 5.43. The van der Waals surface area contributed by atoms with Crippen molar-refractivity contribution < 1.29 is 9.53 Å². The van der Waals surface area contributed by atoms with Crippen molar-refractivity contribution in [1.29, 1.82) is 0 Å². The molecule has 0 saturated carbocycles. The first kappa shape index (κ1) is 15.1. The zero-order valence-electron chi connectivity index (χ0n) is 12.7. The van der Waals surface area contributed by atoms with Crippen LogP contribution in [0.3, 0.4) is 0 Å². The van der Waals surface area contributed by atoms with Gasteiger partial charge in [0.25, 0.3) is 5.91 Å². The second-order valence-electron chi connectivity index (χ2n) is 5.43. The fraction of sp³-hybridized carbons (Fsp3) is 0.278. The third-order valence-corrected chi connectivity index (χ3v) is 3.23. The lowest BCUT2D eigenvalue weighted by Gasteiger charge is -2.10. The van der Waals surface area contributed by atoms with Gasteiger partial charge in [0, 0.05) is 5.69 Å². The van der Waals surface area contributed by atoms with Crippen molar-refractivity contribution in [2.45, 2.75) is 26.7 Å². The van der Waals surface area contributed by atoms with Crippen LogP contribution in [0.25, 0.3) is 0 Å². The number of rotatable bonds is 5. The molecule has 2 aromatic rings. The molecule has 0 unspecified atom stereocenters. The number of ether oxygens (including phenoxy) is 1. The predicted octanol–water partition coefficient (Wildman–Crippen LogP) is 4.14. The molecule has 0 bridgehead atoms. The highest BCUT2D eigenvalue weighted by Crippen LogP contribution is 2.18. The predicted molar refractivity (Wildman–Crippen MR) is 85.8 cm³/mol. The van der Waals surface area contributed by atoms with Gasteiger partial charge in [-0.3, -0.25) is 4.79 Å². The summed E-state index contributed by atoms with van der Waals surface area (Å²) in [5.74, 6) is 0.980. The van der Waals surface area contributed by atoms with Gasteiger partial charge >= 0.3 is 0 Å². The van der Waals surface area contributed by atoms with Gasteiger partial charge in [-0.05, 0) is 42.7 Å². The van der Waals surface area contributed by atoms with Gasteiger partial charge in [-0.25, -0.2) is 0 Å². The molecule has 0 aliphatic heterocycles. The molecule has 1 N–H and O–H groups in total. The van der Waals surface area contributed by atoms with Crippen LogP contribution in [0.2, 0.25) is 0 Å². The van der Waals surface area contributed by atoms with Crippen LogP contribution in [-0.4, -0.2) is 12.5 Å². The summed E-state index contributed by atoms with van der Waals surface area (Å²) in [5, 5.41) is 2.85. The molecule has 0 heterocycles. The van der Waals surface area contributed by atoms with Crippen molar-refractivity contribution in [2.24, 2.45) is 0 Å². The Hall–Kier alpha value is -2.29. The number of carbonyl (C=O) groups is 1. The number of benzene rings is 2. The zero-order chi connectivity index (χ0) is 15.2. The SMILES string of the molecule is Cc1ccc(OCC(=O)Nc2cccc(C(C)C)c2)cc1. The normalized spacial score (nSPS) is 10.5. The molecular formula is C18H21NO2. The van der Waals surface area contributed by atoms with E-state index in [1.54, 1.807) is 0 Å². The molecule has 3 nitrogen and oxygen atoms in total. The van der Waals surface area contributed by atoms with Crippen molar-refractivity contribution >= 4 is 11.6 Å². The number of nitrogens with one attached hydrogen (secondary N) is 1. The molecule has 1 amide bonds. The molecule has 0 spiro atoms. The number of amides is 1. The van der Waals surface area contributed by atoms with E-state index in [1.165, 1.54) is 5.56 Å². The number of hydrogen-bond donors (Lipinski definition) is 1. The minimum atomic E-state index is -0.156. The first-order valence-electron chi connectivity index (χ1n) is 7.14. The van der Waals surface area contributed by atoms with Crippen molar-refractivity contribution in [3.05, 3.63) is 59.7 Å². The Labute approximate surface area is 126 Å². The van der Waals surface area contributed by atoms with Gasteiger partial charge < -0.3 is 10.1 Å². The maximum absolute atomic E-state index is 11.9. The Morgan fingerprint density at radius 3 is 2.52 bits per heavy atom. The summed E-state index contributed by atoms with van der Waals surface area (Å²) >= 11 is 0. The molecule has 0 fully saturated rings. The van der Waals surface area contributed by atoms with Crippen LogP contribution in [0.4, 0.5) is 5.69 Å². The number of hydrogen-bond acceptors (Lipinski definition) is 2. The highest BCUT2D eigenvalue weighted by atomic mass is 16.5.